The number of halogens is 4. The minimum Gasteiger partial charge on any atom is -0.356 e. The molecule has 2 fully saturated rings. The van der Waals surface area contributed by atoms with Crippen molar-refractivity contribution in [1.29, 1.82) is 0 Å². The van der Waals surface area contributed by atoms with E-state index in [9.17, 15) is 27.2 Å². The molecule has 0 bridgehead atoms. The highest BCUT2D eigenvalue weighted by molar-refractivity contribution is 5.88. The summed E-state index contributed by atoms with van der Waals surface area (Å²) in [4.78, 5) is 27.3. The molecule has 198 valence electrons. The highest BCUT2D eigenvalue weighted by Gasteiger charge is 2.64. The van der Waals surface area contributed by atoms with Gasteiger partial charge in [0.05, 0.1) is 0 Å². The van der Waals surface area contributed by atoms with Crippen LogP contribution in [0.5, 0.6) is 0 Å². The van der Waals surface area contributed by atoms with E-state index >= 15 is 0 Å². The van der Waals surface area contributed by atoms with Gasteiger partial charge in [-0.05, 0) is 66.3 Å². The summed E-state index contributed by atoms with van der Waals surface area (Å²) in [5.41, 5.74) is -1.14. The third kappa shape index (κ3) is 4.31. The summed E-state index contributed by atoms with van der Waals surface area (Å²) in [6.07, 6.45) is -1.69. The Morgan fingerprint density at radius 2 is 1.73 bits per heavy atom. The van der Waals surface area contributed by atoms with E-state index in [-0.39, 0.29) is 42.7 Å². The molecule has 0 aromatic heterocycles. The molecule has 3 aliphatic rings. The molecule has 1 N–H and O–H groups in total. The molecule has 2 atom stereocenters. The van der Waals surface area contributed by atoms with Crippen LogP contribution in [0.25, 0.3) is 0 Å². The molecule has 2 aliphatic heterocycles. The third-order valence-corrected chi connectivity index (χ3v) is 8.59. The van der Waals surface area contributed by atoms with E-state index in [0.29, 0.717) is 25.8 Å². The van der Waals surface area contributed by atoms with Crippen molar-refractivity contribution in [3.8, 4) is 0 Å². The van der Waals surface area contributed by atoms with Crippen LogP contribution in [-0.2, 0) is 32.8 Å². The number of hydrogen-bond donors (Lipinski definition) is 1. The van der Waals surface area contributed by atoms with Crippen molar-refractivity contribution in [1.82, 2.24) is 10.2 Å². The molecule has 2 aromatic carbocycles. The topological polar surface area (TPSA) is 58.6 Å². The first-order chi connectivity index (χ1) is 17.6. The molecule has 0 saturated carbocycles. The van der Waals surface area contributed by atoms with Crippen LogP contribution in [-0.4, -0.2) is 49.6 Å². The van der Waals surface area contributed by atoms with Gasteiger partial charge in [-0.25, -0.2) is 4.39 Å². The number of nitrogens with one attached hydrogen (secondary N) is 1. The second kappa shape index (κ2) is 9.42. The first kappa shape index (κ1) is 25.7. The Kier molecular flexibility index (Phi) is 6.54. The average Bonchev–Trinajstić information content (AvgIpc) is 3.33. The summed E-state index contributed by atoms with van der Waals surface area (Å²) in [6.45, 7) is 0.490. The Morgan fingerprint density at radius 3 is 2.38 bits per heavy atom. The lowest BCUT2D eigenvalue weighted by Gasteiger charge is -2.50. The first-order valence-electron chi connectivity index (χ1n) is 12.7. The summed E-state index contributed by atoms with van der Waals surface area (Å²) >= 11 is 0. The van der Waals surface area contributed by atoms with Crippen molar-refractivity contribution in [2.24, 2.45) is 5.41 Å². The van der Waals surface area contributed by atoms with Gasteiger partial charge in [-0.2, -0.15) is 13.2 Å². The van der Waals surface area contributed by atoms with Crippen molar-refractivity contribution in [3.05, 3.63) is 70.5 Å². The van der Waals surface area contributed by atoms with Gasteiger partial charge in [0.15, 0.2) is 0 Å². The normalized spacial score (nSPS) is 22.9. The number of carbonyl (C=O) groups is 2. The second-order valence-electron chi connectivity index (χ2n) is 10.5. The van der Waals surface area contributed by atoms with Gasteiger partial charge in [-0.15, -0.1) is 0 Å². The molecule has 5 nitrogen and oxygen atoms in total. The monoisotopic (exact) mass is 518 g/mol. The summed E-state index contributed by atoms with van der Waals surface area (Å²) in [7, 11) is 0.931. The van der Waals surface area contributed by atoms with Crippen LogP contribution in [0.2, 0.25) is 0 Å². The van der Waals surface area contributed by atoms with Gasteiger partial charge in [-0.3, -0.25) is 9.59 Å². The number of rotatable bonds is 4. The van der Waals surface area contributed by atoms with Crippen LogP contribution in [0.1, 0.15) is 53.9 Å². The average molecular weight is 519 g/mol. The Balaban J connectivity index is 1.43. The number of fused-ring (bicyclic) bond motifs is 1. The van der Waals surface area contributed by atoms with Crippen molar-refractivity contribution < 1.29 is 31.9 Å². The molecule has 37 heavy (non-hydrogen) atoms. The predicted octanol–water partition coefficient (Wildman–Crippen LogP) is 4.63. The first-order valence-corrected chi connectivity index (χ1v) is 12.7. The standard InChI is InChI=1S/C28H30F4N2O3/c1-37-27(28(30,31)32,21-8-5-18-3-2-4-20(18)15-21)25(36)34-13-11-26(12-14-34)16-24(35)33-17-23(26)19-6-9-22(29)10-7-19/h5-10,15,23H,2-4,11-14,16-17H2,1H3,(H,33,35). The Labute approximate surface area is 213 Å². The lowest BCUT2D eigenvalue weighted by atomic mass is 9.62. The summed E-state index contributed by atoms with van der Waals surface area (Å²) in [5.74, 6) is -1.76. The fourth-order valence-corrected chi connectivity index (χ4v) is 6.53. The number of piperidine rings is 2. The molecule has 2 amide bonds. The Morgan fingerprint density at radius 1 is 1.05 bits per heavy atom. The predicted molar refractivity (Wildman–Crippen MR) is 128 cm³/mol. The number of carbonyl (C=O) groups excluding carboxylic acids is 2. The fraction of sp³-hybridized carbons (Fsp3) is 0.500. The largest absolute Gasteiger partial charge is 0.430 e. The van der Waals surface area contributed by atoms with Crippen molar-refractivity contribution in [2.75, 3.05) is 26.7 Å². The van der Waals surface area contributed by atoms with Gasteiger partial charge in [0.1, 0.15) is 5.82 Å². The van der Waals surface area contributed by atoms with Gasteiger partial charge in [0.25, 0.3) is 11.5 Å². The van der Waals surface area contributed by atoms with Crippen molar-refractivity contribution in [2.45, 2.75) is 56.2 Å². The van der Waals surface area contributed by atoms with Crippen LogP contribution >= 0.6 is 0 Å². The maximum absolute atomic E-state index is 14.7. The number of nitrogens with zero attached hydrogens (tertiary/aromatic N) is 1. The Bertz CT molecular complexity index is 1190. The van der Waals surface area contributed by atoms with E-state index < -0.39 is 23.1 Å². The number of hydrogen-bond acceptors (Lipinski definition) is 3. The van der Waals surface area contributed by atoms with E-state index in [4.69, 9.17) is 4.74 Å². The molecule has 2 heterocycles. The number of likely N-dealkylation sites (tertiary alicyclic amines) is 1. The highest BCUT2D eigenvalue weighted by atomic mass is 19.4. The number of ether oxygens (including phenoxy) is 1. The lowest BCUT2D eigenvalue weighted by molar-refractivity contribution is -0.271. The molecule has 1 spiro atoms. The molecular formula is C28H30F4N2O3. The van der Waals surface area contributed by atoms with Gasteiger partial charge in [0.2, 0.25) is 5.91 Å². The number of alkyl halides is 3. The summed E-state index contributed by atoms with van der Waals surface area (Å²) < 4.78 is 62.7. The van der Waals surface area contributed by atoms with Crippen molar-refractivity contribution in [3.63, 3.8) is 0 Å². The van der Waals surface area contributed by atoms with E-state index in [2.05, 4.69) is 5.32 Å². The van der Waals surface area contributed by atoms with Crippen molar-refractivity contribution >= 4 is 11.8 Å². The maximum atomic E-state index is 14.7. The summed E-state index contributed by atoms with van der Waals surface area (Å²) in [6, 6.07) is 10.6. The molecular weight excluding hydrogens is 488 g/mol. The van der Waals surface area contributed by atoms with Crippen LogP contribution in [0.15, 0.2) is 42.5 Å². The van der Waals surface area contributed by atoms with Crippen LogP contribution in [0, 0.1) is 11.2 Å². The molecule has 9 heteroatoms. The van der Waals surface area contributed by atoms with Crippen LogP contribution in [0.4, 0.5) is 17.6 Å². The smallest absolute Gasteiger partial charge is 0.356 e. The fourth-order valence-electron chi connectivity index (χ4n) is 6.53. The number of benzene rings is 2. The maximum Gasteiger partial charge on any atom is 0.430 e. The van der Waals surface area contributed by atoms with Gasteiger partial charge < -0.3 is 15.0 Å². The Hall–Kier alpha value is -2.94. The SMILES string of the molecule is COC(C(=O)N1CCC2(CC1)CC(=O)NCC2c1ccc(F)cc1)(c1ccc2c(c1)CCC2)C(F)(F)F. The minimum absolute atomic E-state index is 0.0654. The second-order valence-corrected chi connectivity index (χ2v) is 10.5. The van der Waals surface area contributed by atoms with Gasteiger partial charge >= 0.3 is 6.18 Å². The van der Waals surface area contributed by atoms with Gasteiger partial charge in [0, 0.05) is 44.6 Å². The number of methoxy groups -OCH3 is 1. The van der Waals surface area contributed by atoms with Crippen LogP contribution < -0.4 is 5.32 Å². The molecule has 2 aromatic rings. The molecule has 1 aliphatic carbocycles. The third-order valence-electron chi connectivity index (χ3n) is 8.59. The van der Waals surface area contributed by atoms with E-state index in [1.807, 2.05) is 0 Å². The zero-order chi connectivity index (χ0) is 26.4. The van der Waals surface area contributed by atoms with E-state index in [1.54, 1.807) is 18.2 Å². The molecule has 2 unspecified atom stereocenters. The van der Waals surface area contributed by atoms with Gasteiger partial charge in [-0.1, -0.05) is 30.3 Å². The molecule has 5 rings (SSSR count). The zero-order valence-corrected chi connectivity index (χ0v) is 20.7. The summed E-state index contributed by atoms with van der Waals surface area (Å²) in [5, 5.41) is 2.86. The minimum atomic E-state index is -4.97. The van der Waals surface area contributed by atoms with E-state index in [0.717, 1.165) is 36.6 Å². The quantitative estimate of drug-likeness (QED) is 0.601. The zero-order valence-electron chi connectivity index (χ0n) is 20.7. The van der Waals surface area contributed by atoms with Crippen LogP contribution in [0.3, 0.4) is 0 Å². The molecule has 0 radical (unpaired) electrons. The number of amides is 2. The molecule has 2 saturated heterocycles. The highest BCUT2D eigenvalue weighted by Crippen LogP contribution is 2.50. The van der Waals surface area contributed by atoms with E-state index in [1.165, 1.54) is 29.2 Å². The number of aryl methyl sites for hydroxylation is 2. The lowest BCUT2D eigenvalue weighted by Crippen LogP contribution is -2.60.